The number of likely N-dealkylation sites (tertiary alicyclic amines) is 2. The molecule has 160 valence electrons. The van der Waals surface area contributed by atoms with Crippen LogP contribution in [0.3, 0.4) is 0 Å². The maximum Gasteiger partial charge on any atom is 0.237 e. The van der Waals surface area contributed by atoms with Gasteiger partial charge in [-0.2, -0.15) is 4.98 Å². The lowest BCUT2D eigenvalue weighted by Gasteiger charge is -2.33. The van der Waals surface area contributed by atoms with Crippen LogP contribution in [-0.4, -0.2) is 65.2 Å². The Morgan fingerprint density at radius 2 is 1.90 bits per heavy atom. The van der Waals surface area contributed by atoms with Gasteiger partial charge >= 0.3 is 0 Å². The number of rotatable bonds is 4. The topological polar surface area (TPSA) is 80.9 Å². The van der Waals surface area contributed by atoms with Gasteiger partial charge in [-0.15, -0.1) is 0 Å². The van der Waals surface area contributed by atoms with Gasteiger partial charge in [0.2, 0.25) is 11.8 Å². The minimum Gasteiger partial charge on any atom is -0.486 e. The molecule has 0 aliphatic carbocycles. The summed E-state index contributed by atoms with van der Waals surface area (Å²) in [6.07, 6.45) is 3.91. The lowest BCUT2D eigenvalue weighted by atomic mass is 9.96. The number of piperidine rings is 1. The highest BCUT2D eigenvalue weighted by molar-refractivity contribution is 5.79. The molecule has 8 nitrogen and oxygen atoms in total. The predicted molar refractivity (Wildman–Crippen MR) is 109 cm³/mol. The molecule has 8 heteroatoms. The van der Waals surface area contributed by atoms with Crippen molar-refractivity contribution in [3.63, 3.8) is 0 Å². The van der Waals surface area contributed by atoms with Crippen molar-refractivity contribution in [2.75, 3.05) is 39.4 Å². The summed E-state index contributed by atoms with van der Waals surface area (Å²) >= 11 is 0. The number of hydrogen-bond acceptors (Lipinski definition) is 7. The zero-order chi connectivity index (χ0) is 20.5. The van der Waals surface area contributed by atoms with Gasteiger partial charge in [-0.25, -0.2) is 0 Å². The van der Waals surface area contributed by atoms with Crippen LogP contribution in [0.2, 0.25) is 0 Å². The molecule has 1 atom stereocenters. The summed E-state index contributed by atoms with van der Waals surface area (Å²) in [5, 5.41) is 3.90. The Hall–Kier alpha value is -2.61. The molecule has 0 radical (unpaired) electrons. The Morgan fingerprint density at radius 3 is 2.67 bits per heavy atom. The van der Waals surface area contributed by atoms with Crippen LogP contribution in [0.15, 0.2) is 22.7 Å². The molecule has 1 unspecified atom stereocenters. The fourth-order valence-corrected chi connectivity index (χ4v) is 4.78. The van der Waals surface area contributed by atoms with Gasteiger partial charge in [0.1, 0.15) is 13.2 Å². The Morgan fingerprint density at radius 1 is 1.10 bits per heavy atom. The van der Waals surface area contributed by atoms with Gasteiger partial charge in [-0.3, -0.25) is 9.69 Å². The summed E-state index contributed by atoms with van der Waals surface area (Å²) < 4.78 is 16.7. The fourth-order valence-electron chi connectivity index (χ4n) is 4.78. The maximum absolute atomic E-state index is 13.1. The van der Waals surface area contributed by atoms with E-state index in [9.17, 15) is 4.79 Å². The second-order valence-corrected chi connectivity index (χ2v) is 8.38. The van der Waals surface area contributed by atoms with Crippen LogP contribution in [0.1, 0.15) is 54.9 Å². The molecule has 2 saturated heterocycles. The standard InChI is InChI=1S/C22H28N4O4/c1-15-23-22(30-24-15)16-6-9-25(10-7-16)14-21(27)26-8-2-3-18(26)17-4-5-19-20(13-17)29-12-11-28-19/h4-5,13,16,18H,2-3,6-12,14H2,1H3. The van der Waals surface area contributed by atoms with Gasteiger partial charge < -0.3 is 18.9 Å². The number of carbonyl (C=O) groups is 1. The average molecular weight is 412 g/mol. The minimum atomic E-state index is 0.118. The molecule has 1 aromatic heterocycles. The van der Waals surface area contributed by atoms with Crippen LogP contribution in [-0.2, 0) is 4.79 Å². The fraction of sp³-hybridized carbons (Fsp3) is 0.591. The number of amides is 1. The van der Waals surface area contributed by atoms with Gasteiger partial charge in [0.15, 0.2) is 17.3 Å². The van der Waals surface area contributed by atoms with E-state index in [4.69, 9.17) is 14.0 Å². The smallest absolute Gasteiger partial charge is 0.237 e. The monoisotopic (exact) mass is 412 g/mol. The third-order valence-corrected chi connectivity index (χ3v) is 6.36. The molecule has 30 heavy (non-hydrogen) atoms. The van der Waals surface area contributed by atoms with Gasteiger partial charge in [0.25, 0.3) is 0 Å². The Bertz CT molecular complexity index is 906. The number of carbonyl (C=O) groups excluding carboxylic acids is 1. The first kappa shape index (κ1) is 19.4. The summed E-state index contributed by atoms with van der Waals surface area (Å²) in [6, 6.07) is 6.20. The molecule has 4 heterocycles. The van der Waals surface area contributed by atoms with E-state index in [0.717, 1.165) is 68.3 Å². The highest BCUT2D eigenvalue weighted by Crippen LogP contribution is 2.38. The van der Waals surface area contributed by atoms with Crippen LogP contribution in [0.4, 0.5) is 0 Å². The maximum atomic E-state index is 13.1. The Kier molecular flexibility index (Phi) is 5.33. The second-order valence-electron chi connectivity index (χ2n) is 8.38. The van der Waals surface area contributed by atoms with Crippen molar-refractivity contribution >= 4 is 5.91 Å². The van der Waals surface area contributed by atoms with Crippen molar-refractivity contribution in [3.8, 4) is 11.5 Å². The molecule has 5 rings (SSSR count). The predicted octanol–water partition coefficient (Wildman–Crippen LogP) is 2.69. The highest BCUT2D eigenvalue weighted by atomic mass is 16.6. The van der Waals surface area contributed by atoms with Gasteiger partial charge in [0.05, 0.1) is 12.6 Å². The molecule has 3 aliphatic rings. The number of aromatic nitrogens is 2. The first-order chi connectivity index (χ1) is 14.7. The number of aryl methyl sites for hydroxylation is 1. The summed E-state index contributed by atoms with van der Waals surface area (Å²) in [7, 11) is 0. The van der Waals surface area contributed by atoms with E-state index in [1.165, 1.54) is 0 Å². The molecule has 0 N–H and O–H groups in total. The molecule has 0 bridgehead atoms. The second kappa shape index (κ2) is 8.26. The summed E-state index contributed by atoms with van der Waals surface area (Å²) in [5.74, 6) is 3.50. The number of fused-ring (bicyclic) bond motifs is 1. The average Bonchev–Trinajstić information content (AvgIpc) is 3.43. The first-order valence-electron chi connectivity index (χ1n) is 10.9. The van der Waals surface area contributed by atoms with Crippen molar-refractivity contribution < 1.29 is 18.8 Å². The van der Waals surface area contributed by atoms with Crippen molar-refractivity contribution in [2.45, 2.75) is 44.6 Å². The lowest BCUT2D eigenvalue weighted by Crippen LogP contribution is -2.43. The van der Waals surface area contributed by atoms with Gasteiger partial charge in [-0.1, -0.05) is 11.2 Å². The molecular weight excluding hydrogens is 384 g/mol. The number of hydrogen-bond donors (Lipinski definition) is 0. The van der Waals surface area contributed by atoms with Crippen molar-refractivity contribution in [1.82, 2.24) is 19.9 Å². The van der Waals surface area contributed by atoms with E-state index in [2.05, 4.69) is 21.1 Å². The highest BCUT2D eigenvalue weighted by Gasteiger charge is 2.33. The van der Waals surface area contributed by atoms with E-state index in [-0.39, 0.29) is 11.9 Å². The quantitative estimate of drug-likeness (QED) is 0.764. The van der Waals surface area contributed by atoms with E-state index in [1.807, 2.05) is 24.0 Å². The summed E-state index contributed by atoms with van der Waals surface area (Å²) in [5.41, 5.74) is 1.13. The molecule has 2 fully saturated rings. The summed E-state index contributed by atoms with van der Waals surface area (Å²) in [6.45, 7) is 6.04. The third-order valence-electron chi connectivity index (χ3n) is 6.36. The van der Waals surface area contributed by atoms with E-state index in [1.54, 1.807) is 0 Å². The van der Waals surface area contributed by atoms with E-state index < -0.39 is 0 Å². The van der Waals surface area contributed by atoms with Crippen LogP contribution in [0.5, 0.6) is 11.5 Å². The SMILES string of the molecule is Cc1noc(C2CCN(CC(=O)N3CCCC3c3ccc4c(c3)OCCO4)CC2)n1. The van der Waals surface area contributed by atoms with Gasteiger partial charge in [0, 0.05) is 12.5 Å². The van der Waals surface area contributed by atoms with Crippen LogP contribution >= 0.6 is 0 Å². The van der Waals surface area contributed by atoms with Crippen LogP contribution < -0.4 is 9.47 Å². The van der Waals surface area contributed by atoms with Crippen LogP contribution in [0.25, 0.3) is 0 Å². The van der Waals surface area contributed by atoms with Crippen molar-refractivity contribution in [1.29, 1.82) is 0 Å². The normalized spacial score (nSPS) is 22.4. The summed E-state index contributed by atoms with van der Waals surface area (Å²) in [4.78, 5) is 21.8. The Labute approximate surface area is 176 Å². The largest absolute Gasteiger partial charge is 0.486 e. The molecule has 0 spiro atoms. The zero-order valence-corrected chi connectivity index (χ0v) is 17.4. The lowest BCUT2D eigenvalue weighted by molar-refractivity contribution is -0.133. The number of nitrogens with zero attached hydrogens (tertiary/aromatic N) is 4. The molecular formula is C22H28N4O4. The van der Waals surface area contributed by atoms with Crippen molar-refractivity contribution in [2.24, 2.45) is 0 Å². The minimum absolute atomic E-state index is 0.118. The van der Waals surface area contributed by atoms with Gasteiger partial charge in [-0.05, 0) is 63.4 Å². The van der Waals surface area contributed by atoms with E-state index in [0.29, 0.717) is 31.5 Å². The first-order valence-corrected chi connectivity index (χ1v) is 10.9. The molecule has 0 saturated carbocycles. The zero-order valence-electron chi connectivity index (χ0n) is 17.4. The van der Waals surface area contributed by atoms with Crippen molar-refractivity contribution in [3.05, 3.63) is 35.5 Å². The third kappa shape index (κ3) is 3.88. The van der Waals surface area contributed by atoms with E-state index >= 15 is 0 Å². The Balaban J connectivity index is 1.20. The number of ether oxygens (including phenoxy) is 2. The van der Waals surface area contributed by atoms with Crippen LogP contribution in [0, 0.1) is 6.92 Å². The molecule has 2 aromatic rings. The number of benzene rings is 1. The molecule has 3 aliphatic heterocycles. The molecule has 1 aromatic carbocycles. The molecule has 1 amide bonds.